The van der Waals surface area contributed by atoms with Crippen molar-refractivity contribution in [3.8, 4) is 18.2 Å². The highest BCUT2D eigenvalue weighted by Gasteiger charge is 2.60. The first-order valence-electron chi connectivity index (χ1n) is 5.33. The van der Waals surface area contributed by atoms with E-state index >= 15 is 0 Å². The molecule has 0 aromatic heterocycles. The van der Waals surface area contributed by atoms with Gasteiger partial charge in [0.1, 0.15) is 17.5 Å². The molecule has 0 saturated carbocycles. The van der Waals surface area contributed by atoms with E-state index < -0.39 is 11.0 Å². The van der Waals surface area contributed by atoms with E-state index in [2.05, 4.69) is 5.10 Å². The van der Waals surface area contributed by atoms with Gasteiger partial charge in [-0.25, -0.2) is 5.01 Å². The van der Waals surface area contributed by atoms with Crippen molar-refractivity contribution in [3.05, 3.63) is 11.4 Å². The summed E-state index contributed by atoms with van der Waals surface area (Å²) in [4.78, 5) is 0. The van der Waals surface area contributed by atoms with Gasteiger partial charge in [-0.05, 0) is 27.7 Å². The van der Waals surface area contributed by atoms with Gasteiger partial charge in [0, 0.05) is 5.71 Å². The SMILES string of the molecule is CC(C)=NN1C(N)=C(C#N)C(C#N)(C#N)C1(C)C. The molecule has 2 N–H and O–H groups in total. The van der Waals surface area contributed by atoms with Crippen LogP contribution in [0.2, 0.25) is 0 Å². The Balaban J connectivity index is 3.64. The van der Waals surface area contributed by atoms with E-state index in [1.807, 2.05) is 18.2 Å². The van der Waals surface area contributed by atoms with E-state index in [0.29, 0.717) is 0 Å². The number of nitrogens with zero attached hydrogens (tertiary/aromatic N) is 5. The Morgan fingerprint density at radius 1 is 1.22 bits per heavy atom. The average molecular weight is 242 g/mol. The molecule has 1 aliphatic heterocycles. The lowest BCUT2D eigenvalue weighted by Gasteiger charge is -2.35. The van der Waals surface area contributed by atoms with Crippen molar-refractivity contribution in [2.24, 2.45) is 16.3 Å². The summed E-state index contributed by atoms with van der Waals surface area (Å²) in [5.74, 6) is 0.0619. The van der Waals surface area contributed by atoms with Gasteiger partial charge in [0.05, 0.1) is 17.7 Å². The molecule has 92 valence electrons. The summed E-state index contributed by atoms with van der Waals surface area (Å²) in [5, 5.41) is 33.4. The number of rotatable bonds is 1. The number of hydrogen-bond donors (Lipinski definition) is 1. The maximum absolute atomic E-state index is 9.33. The van der Waals surface area contributed by atoms with Gasteiger partial charge in [-0.1, -0.05) is 0 Å². The predicted molar refractivity (Wildman–Crippen MR) is 65.2 cm³/mol. The second-order valence-corrected chi connectivity index (χ2v) is 4.76. The fraction of sp³-hybridized carbons (Fsp3) is 0.500. The van der Waals surface area contributed by atoms with Crippen molar-refractivity contribution in [1.82, 2.24) is 5.01 Å². The Morgan fingerprint density at radius 2 is 1.72 bits per heavy atom. The smallest absolute Gasteiger partial charge is 0.206 e. The second kappa shape index (κ2) is 4.05. The van der Waals surface area contributed by atoms with E-state index in [1.165, 1.54) is 5.01 Å². The quantitative estimate of drug-likeness (QED) is 0.694. The van der Waals surface area contributed by atoms with Crippen molar-refractivity contribution < 1.29 is 0 Å². The molecule has 0 fully saturated rings. The molecule has 6 nitrogen and oxygen atoms in total. The van der Waals surface area contributed by atoms with Crippen molar-refractivity contribution in [1.29, 1.82) is 15.8 Å². The maximum Gasteiger partial charge on any atom is 0.206 e. The minimum Gasteiger partial charge on any atom is -0.383 e. The zero-order chi connectivity index (χ0) is 14.1. The molecular weight excluding hydrogens is 228 g/mol. The lowest BCUT2D eigenvalue weighted by atomic mass is 9.71. The third-order valence-electron chi connectivity index (χ3n) is 3.05. The Kier molecular flexibility index (Phi) is 3.05. The fourth-order valence-electron chi connectivity index (χ4n) is 1.99. The Labute approximate surface area is 106 Å². The summed E-state index contributed by atoms with van der Waals surface area (Å²) in [6.45, 7) is 6.88. The molecule has 0 saturated heterocycles. The van der Waals surface area contributed by atoms with Crippen LogP contribution in [0.3, 0.4) is 0 Å². The standard InChI is InChI=1S/C12H14N6/c1-8(2)17-18-10(16)9(5-13)12(6-14,7-15)11(18,3)4/h16H2,1-4H3. The first-order valence-corrected chi connectivity index (χ1v) is 5.33. The minimum atomic E-state index is -1.61. The molecule has 1 aliphatic rings. The molecule has 0 amide bonds. The summed E-state index contributed by atoms with van der Waals surface area (Å²) >= 11 is 0. The van der Waals surface area contributed by atoms with Crippen molar-refractivity contribution in [2.75, 3.05) is 0 Å². The molecule has 0 bridgehead atoms. The van der Waals surface area contributed by atoms with E-state index in [9.17, 15) is 10.5 Å². The molecular formula is C12H14N6. The lowest BCUT2D eigenvalue weighted by Crippen LogP contribution is -2.48. The highest BCUT2D eigenvalue weighted by Crippen LogP contribution is 2.49. The van der Waals surface area contributed by atoms with Crippen LogP contribution < -0.4 is 5.73 Å². The second-order valence-electron chi connectivity index (χ2n) is 4.76. The average Bonchev–Trinajstić information content (AvgIpc) is 2.45. The Hall–Kier alpha value is -2.52. The number of nitrogens with two attached hydrogens (primary N) is 1. The van der Waals surface area contributed by atoms with Crippen molar-refractivity contribution in [2.45, 2.75) is 33.2 Å². The third-order valence-corrected chi connectivity index (χ3v) is 3.05. The van der Waals surface area contributed by atoms with Gasteiger partial charge in [0.15, 0.2) is 0 Å². The molecule has 0 radical (unpaired) electrons. The van der Waals surface area contributed by atoms with Crippen LogP contribution in [0.5, 0.6) is 0 Å². The van der Waals surface area contributed by atoms with Crippen LogP contribution in [-0.2, 0) is 0 Å². The van der Waals surface area contributed by atoms with Crippen molar-refractivity contribution >= 4 is 5.71 Å². The summed E-state index contributed by atoms with van der Waals surface area (Å²) in [6, 6.07) is 5.70. The van der Waals surface area contributed by atoms with Gasteiger partial charge in [0.25, 0.3) is 0 Å². The highest BCUT2D eigenvalue weighted by atomic mass is 15.5. The Morgan fingerprint density at radius 3 is 2.00 bits per heavy atom. The number of nitriles is 3. The van der Waals surface area contributed by atoms with Crippen LogP contribution in [0.1, 0.15) is 27.7 Å². The Bertz CT molecular complexity index is 543. The molecule has 0 aromatic carbocycles. The molecule has 0 spiro atoms. The number of hydrogen-bond acceptors (Lipinski definition) is 6. The predicted octanol–water partition coefficient (Wildman–Crippen LogP) is 1.20. The molecule has 18 heavy (non-hydrogen) atoms. The van der Waals surface area contributed by atoms with Gasteiger partial charge in [-0.15, -0.1) is 0 Å². The summed E-state index contributed by atoms with van der Waals surface area (Å²) in [6.07, 6.45) is 0. The summed E-state index contributed by atoms with van der Waals surface area (Å²) < 4.78 is 0. The van der Waals surface area contributed by atoms with E-state index in [-0.39, 0.29) is 11.4 Å². The van der Waals surface area contributed by atoms with Crippen LogP contribution in [0.4, 0.5) is 0 Å². The van der Waals surface area contributed by atoms with Crippen LogP contribution in [0.15, 0.2) is 16.5 Å². The fourth-order valence-corrected chi connectivity index (χ4v) is 1.99. The highest BCUT2D eigenvalue weighted by molar-refractivity contribution is 5.79. The zero-order valence-electron chi connectivity index (χ0n) is 10.8. The van der Waals surface area contributed by atoms with Gasteiger partial charge in [-0.3, -0.25) is 0 Å². The van der Waals surface area contributed by atoms with E-state index in [4.69, 9.17) is 11.0 Å². The maximum atomic E-state index is 9.33. The molecule has 0 aliphatic carbocycles. The van der Waals surface area contributed by atoms with E-state index in [1.54, 1.807) is 27.7 Å². The van der Waals surface area contributed by atoms with E-state index in [0.717, 1.165) is 5.71 Å². The van der Waals surface area contributed by atoms with Gasteiger partial charge < -0.3 is 5.73 Å². The molecule has 0 atom stereocenters. The van der Waals surface area contributed by atoms with Crippen LogP contribution in [0.25, 0.3) is 0 Å². The lowest BCUT2D eigenvalue weighted by molar-refractivity contribution is 0.142. The van der Waals surface area contributed by atoms with Crippen LogP contribution in [-0.4, -0.2) is 16.3 Å². The largest absolute Gasteiger partial charge is 0.383 e. The third kappa shape index (κ3) is 1.42. The zero-order valence-corrected chi connectivity index (χ0v) is 10.8. The van der Waals surface area contributed by atoms with Gasteiger partial charge in [-0.2, -0.15) is 20.9 Å². The topological polar surface area (TPSA) is 113 Å². The number of hydrazone groups is 1. The molecule has 0 aromatic rings. The minimum absolute atomic E-state index is 0.0394. The normalized spacial score (nSPS) is 19.7. The summed E-state index contributed by atoms with van der Waals surface area (Å²) in [5.41, 5.74) is 3.93. The molecule has 6 heteroatoms. The van der Waals surface area contributed by atoms with Gasteiger partial charge >= 0.3 is 0 Å². The van der Waals surface area contributed by atoms with Crippen LogP contribution in [0, 0.1) is 39.4 Å². The van der Waals surface area contributed by atoms with Crippen LogP contribution >= 0.6 is 0 Å². The first kappa shape index (κ1) is 13.5. The first-order chi connectivity index (χ1) is 8.28. The van der Waals surface area contributed by atoms with Crippen molar-refractivity contribution in [3.63, 3.8) is 0 Å². The summed E-state index contributed by atoms with van der Waals surface area (Å²) in [7, 11) is 0. The van der Waals surface area contributed by atoms with Gasteiger partial charge in [0.2, 0.25) is 5.41 Å². The molecule has 1 rings (SSSR count). The molecule has 1 heterocycles. The molecule has 0 unspecified atom stereocenters. The monoisotopic (exact) mass is 242 g/mol.